The maximum atomic E-state index is 5.22. The molecule has 0 radical (unpaired) electrons. The molecule has 0 spiro atoms. The SMILES string of the molecule is CSC1CCCCC1NC(=S)NN. The molecule has 2 atom stereocenters. The Labute approximate surface area is 89.2 Å². The lowest BCUT2D eigenvalue weighted by atomic mass is 9.95. The number of rotatable bonds is 2. The van der Waals surface area contributed by atoms with Crippen LogP contribution in [0.5, 0.6) is 0 Å². The fourth-order valence-corrected chi connectivity index (χ4v) is 2.84. The second kappa shape index (κ2) is 5.67. The summed E-state index contributed by atoms with van der Waals surface area (Å²) >= 11 is 6.90. The van der Waals surface area contributed by atoms with E-state index in [1.165, 1.54) is 25.7 Å². The highest BCUT2D eigenvalue weighted by atomic mass is 32.2. The van der Waals surface area contributed by atoms with E-state index < -0.39 is 0 Å². The van der Waals surface area contributed by atoms with E-state index in [0.29, 0.717) is 16.4 Å². The average molecular weight is 219 g/mol. The third-order valence-corrected chi connectivity index (χ3v) is 3.86. The van der Waals surface area contributed by atoms with Crippen molar-refractivity contribution in [3.05, 3.63) is 0 Å². The topological polar surface area (TPSA) is 50.1 Å². The van der Waals surface area contributed by atoms with Gasteiger partial charge in [0, 0.05) is 11.3 Å². The molecule has 1 rings (SSSR count). The van der Waals surface area contributed by atoms with Crippen molar-refractivity contribution in [2.45, 2.75) is 37.0 Å². The molecule has 0 aliphatic heterocycles. The molecule has 4 N–H and O–H groups in total. The van der Waals surface area contributed by atoms with E-state index in [1.54, 1.807) is 0 Å². The minimum absolute atomic E-state index is 0.493. The lowest BCUT2D eigenvalue weighted by molar-refractivity contribution is 0.424. The zero-order chi connectivity index (χ0) is 9.68. The highest BCUT2D eigenvalue weighted by Crippen LogP contribution is 2.26. The largest absolute Gasteiger partial charge is 0.358 e. The molecule has 0 heterocycles. The first-order valence-corrected chi connectivity index (χ1v) is 6.27. The van der Waals surface area contributed by atoms with Crippen LogP contribution in [0.3, 0.4) is 0 Å². The van der Waals surface area contributed by atoms with Crippen molar-refractivity contribution in [1.29, 1.82) is 0 Å². The van der Waals surface area contributed by atoms with E-state index in [2.05, 4.69) is 17.0 Å². The fraction of sp³-hybridized carbons (Fsp3) is 0.875. The Bertz CT molecular complexity index is 175. The van der Waals surface area contributed by atoms with Gasteiger partial charge in [-0.15, -0.1) is 0 Å². The van der Waals surface area contributed by atoms with Crippen LogP contribution in [0.1, 0.15) is 25.7 Å². The number of hydrazine groups is 1. The van der Waals surface area contributed by atoms with Gasteiger partial charge in [0.25, 0.3) is 0 Å². The first-order chi connectivity index (χ1) is 6.27. The van der Waals surface area contributed by atoms with Crippen LogP contribution in [0.2, 0.25) is 0 Å². The van der Waals surface area contributed by atoms with Gasteiger partial charge in [-0.2, -0.15) is 11.8 Å². The van der Waals surface area contributed by atoms with Gasteiger partial charge >= 0.3 is 0 Å². The molecule has 0 amide bonds. The maximum Gasteiger partial charge on any atom is 0.180 e. The predicted molar refractivity (Wildman–Crippen MR) is 62.6 cm³/mol. The summed E-state index contributed by atoms with van der Waals surface area (Å²) in [5.41, 5.74) is 2.47. The van der Waals surface area contributed by atoms with Gasteiger partial charge < -0.3 is 10.7 Å². The highest BCUT2D eigenvalue weighted by Gasteiger charge is 2.24. The van der Waals surface area contributed by atoms with Crippen molar-refractivity contribution in [2.75, 3.05) is 6.26 Å². The summed E-state index contributed by atoms with van der Waals surface area (Å²) in [4.78, 5) is 0. The molecule has 1 saturated carbocycles. The number of nitrogens with one attached hydrogen (secondary N) is 2. The van der Waals surface area contributed by atoms with E-state index in [9.17, 15) is 0 Å². The Morgan fingerprint density at radius 2 is 2.15 bits per heavy atom. The maximum absolute atomic E-state index is 5.22. The Kier molecular flexibility index (Phi) is 4.83. The van der Waals surface area contributed by atoms with Crippen molar-refractivity contribution < 1.29 is 0 Å². The molecule has 5 heteroatoms. The van der Waals surface area contributed by atoms with E-state index in [-0.39, 0.29) is 0 Å². The monoisotopic (exact) mass is 219 g/mol. The van der Waals surface area contributed by atoms with Crippen molar-refractivity contribution in [3.8, 4) is 0 Å². The lowest BCUT2D eigenvalue weighted by Gasteiger charge is -2.31. The average Bonchev–Trinajstić information content (AvgIpc) is 2.18. The molecule has 2 unspecified atom stereocenters. The summed E-state index contributed by atoms with van der Waals surface area (Å²) in [6, 6.07) is 0.493. The molecule has 0 aromatic rings. The number of thiocarbonyl (C=S) groups is 1. The molecule has 13 heavy (non-hydrogen) atoms. The predicted octanol–water partition coefficient (Wildman–Crippen LogP) is 0.998. The van der Waals surface area contributed by atoms with Crippen LogP contribution >= 0.6 is 24.0 Å². The number of hydrogen-bond acceptors (Lipinski definition) is 3. The molecule has 1 aliphatic carbocycles. The van der Waals surface area contributed by atoms with Gasteiger partial charge in [-0.1, -0.05) is 12.8 Å². The smallest absolute Gasteiger partial charge is 0.180 e. The molecule has 1 fully saturated rings. The molecule has 0 bridgehead atoms. The van der Waals surface area contributed by atoms with Gasteiger partial charge in [0.2, 0.25) is 0 Å². The van der Waals surface area contributed by atoms with Gasteiger partial charge in [-0.3, -0.25) is 0 Å². The lowest BCUT2D eigenvalue weighted by Crippen LogP contribution is -2.49. The highest BCUT2D eigenvalue weighted by molar-refractivity contribution is 7.99. The van der Waals surface area contributed by atoms with Crippen molar-refractivity contribution >= 4 is 29.1 Å². The Morgan fingerprint density at radius 1 is 1.46 bits per heavy atom. The van der Waals surface area contributed by atoms with Gasteiger partial charge in [0.1, 0.15) is 0 Å². The molecule has 3 nitrogen and oxygen atoms in total. The molecule has 76 valence electrons. The standard InChI is InChI=1S/C8H17N3S2/c1-13-7-5-3-2-4-6(7)10-8(12)11-9/h6-7H,2-5,9H2,1H3,(H2,10,11,12). The quantitative estimate of drug-likeness (QED) is 0.367. The van der Waals surface area contributed by atoms with Crippen LogP contribution in [-0.4, -0.2) is 22.7 Å². The molecular weight excluding hydrogens is 202 g/mol. The molecule has 0 saturated heterocycles. The van der Waals surface area contributed by atoms with Gasteiger partial charge in [0.05, 0.1) is 0 Å². The van der Waals surface area contributed by atoms with Crippen LogP contribution in [0.15, 0.2) is 0 Å². The van der Waals surface area contributed by atoms with Crippen LogP contribution in [0, 0.1) is 0 Å². The van der Waals surface area contributed by atoms with Crippen LogP contribution in [0.25, 0.3) is 0 Å². The minimum atomic E-state index is 0.493. The third-order valence-electron chi connectivity index (χ3n) is 2.45. The first-order valence-electron chi connectivity index (χ1n) is 4.58. The van der Waals surface area contributed by atoms with E-state index in [1.807, 2.05) is 11.8 Å². The summed E-state index contributed by atoms with van der Waals surface area (Å²) in [5.74, 6) is 5.22. The van der Waals surface area contributed by atoms with Crippen LogP contribution in [-0.2, 0) is 0 Å². The summed E-state index contributed by atoms with van der Waals surface area (Å²) < 4.78 is 0. The van der Waals surface area contributed by atoms with E-state index in [0.717, 1.165) is 0 Å². The molecule has 1 aliphatic rings. The first kappa shape index (κ1) is 11.1. The van der Waals surface area contributed by atoms with Crippen LogP contribution in [0.4, 0.5) is 0 Å². The van der Waals surface area contributed by atoms with Gasteiger partial charge in [0.15, 0.2) is 5.11 Å². The van der Waals surface area contributed by atoms with Gasteiger partial charge in [-0.25, -0.2) is 5.84 Å². The third kappa shape index (κ3) is 3.32. The fourth-order valence-electron chi connectivity index (χ4n) is 1.75. The van der Waals surface area contributed by atoms with E-state index >= 15 is 0 Å². The van der Waals surface area contributed by atoms with E-state index in [4.69, 9.17) is 18.1 Å². The second-order valence-electron chi connectivity index (χ2n) is 3.28. The Morgan fingerprint density at radius 3 is 2.77 bits per heavy atom. The number of hydrogen-bond donors (Lipinski definition) is 3. The zero-order valence-electron chi connectivity index (χ0n) is 7.88. The van der Waals surface area contributed by atoms with Gasteiger partial charge in [-0.05, 0) is 31.3 Å². The number of thioether (sulfide) groups is 1. The minimum Gasteiger partial charge on any atom is -0.358 e. The summed E-state index contributed by atoms with van der Waals surface area (Å²) in [6.45, 7) is 0. The summed E-state index contributed by atoms with van der Waals surface area (Å²) in [6.07, 6.45) is 7.28. The summed E-state index contributed by atoms with van der Waals surface area (Å²) in [7, 11) is 0. The van der Waals surface area contributed by atoms with Crippen molar-refractivity contribution in [3.63, 3.8) is 0 Å². The normalized spacial score (nSPS) is 28.2. The Hall–Kier alpha value is -0.0000000000000000486. The molecule has 0 aromatic carbocycles. The molecular formula is C8H17N3S2. The van der Waals surface area contributed by atoms with Crippen molar-refractivity contribution in [1.82, 2.24) is 10.7 Å². The Balaban J connectivity index is 2.40. The second-order valence-corrected chi connectivity index (χ2v) is 4.77. The number of nitrogens with two attached hydrogens (primary N) is 1. The van der Waals surface area contributed by atoms with Crippen LogP contribution < -0.4 is 16.6 Å². The summed E-state index contributed by atoms with van der Waals surface area (Å²) in [5, 5.41) is 4.49. The molecule has 0 aromatic heterocycles. The van der Waals surface area contributed by atoms with Crippen molar-refractivity contribution in [2.24, 2.45) is 5.84 Å². The zero-order valence-corrected chi connectivity index (χ0v) is 9.51.